The van der Waals surface area contributed by atoms with E-state index < -0.39 is 0 Å². The zero-order valence-electron chi connectivity index (χ0n) is 15.1. The van der Waals surface area contributed by atoms with Gasteiger partial charge in [0.1, 0.15) is 6.33 Å². The van der Waals surface area contributed by atoms with Crippen molar-refractivity contribution in [2.24, 2.45) is 5.92 Å². The van der Waals surface area contributed by atoms with Gasteiger partial charge in [0.15, 0.2) is 0 Å². The highest BCUT2D eigenvalue weighted by Crippen LogP contribution is 2.29. The third kappa shape index (κ3) is 3.55. The first kappa shape index (κ1) is 17.0. The van der Waals surface area contributed by atoms with Gasteiger partial charge in [-0.1, -0.05) is 30.3 Å². The maximum absolute atomic E-state index is 10.6. The van der Waals surface area contributed by atoms with Crippen LogP contribution < -0.4 is 4.90 Å². The lowest BCUT2D eigenvalue weighted by Crippen LogP contribution is -2.38. The molecule has 0 saturated carbocycles. The lowest BCUT2D eigenvalue weighted by atomic mass is 9.88. The fourth-order valence-electron chi connectivity index (χ4n) is 3.89. The summed E-state index contributed by atoms with van der Waals surface area (Å²) in [5.41, 5.74) is 4.15. The van der Waals surface area contributed by atoms with Gasteiger partial charge in [0, 0.05) is 13.1 Å². The van der Waals surface area contributed by atoms with Gasteiger partial charge in [-0.25, -0.2) is 0 Å². The van der Waals surface area contributed by atoms with E-state index in [4.69, 9.17) is 0 Å². The van der Waals surface area contributed by atoms with E-state index in [2.05, 4.69) is 50.5 Å². The van der Waals surface area contributed by atoms with Crippen LogP contribution in [0.15, 0.2) is 42.7 Å². The van der Waals surface area contributed by atoms with E-state index in [1.807, 2.05) is 13.0 Å². The van der Waals surface area contributed by atoms with Crippen molar-refractivity contribution in [1.82, 2.24) is 19.8 Å². The molecule has 1 aliphatic heterocycles. The Morgan fingerprint density at radius 1 is 1.19 bits per heavy atom. The van der Waals surface area contributed by atoms with Gasteiger partial charge in [0.05, 0.1) is 17.5 Å². The van der Waals surface area contributed by atoms with Crippen molar-refractivity contribution in [2.45, 2.75) is 38.7 Å². The number of aryl methyl sites for hydroxylation is 2. The number of nitrogens with zero attached hydrogens (tertiary/aromatic N) is 5. The molecule has 1 fully saturated rings. The molecule has 1 unspecified atom stereocenters. The van der Waals surface area contributed by atoms with Crippen LogP contribution in [0.2, 0.25) is 0 Å². The van der Waals surface area contributed by atoms with E-state index in [1.165, 1.54) is 5.56 Å². The van der Waals surface area contributed by atoms with Crippen molar-refractivity contribution in [3.63, 3.8) is 0 Å². The van der Waals surface area contributed by atoms with Gasteiger partial charge in [-0.3, -0.25) is 0 Å². The molecule has 3 aromatic rings. The maximum Gasteiger partial charge on any atom is 0.200 e. The van der Waals surface area contributed by atoms with Crippen molar-refractivity contribution in [2.75, 3.05) is 18.0 Å². The Balaban J connectivity index is 1.37. The average molecular weight is 351 g/mol. The number of piperidine rings is 1. The lowest BCUT2D eigenvalue weighted by molar-refractivity contribution is 0.0851. The van der Waals surface area contributed by atoms with E-state index in [0.29, 0.717) is 5.92 Å². The van der Waals surface area contributed by atoms with Crippen LogP contribution in [0.25, 0.3) is 5.65 Å². The second-order valence-corrected chi connectivity index (χ2v) is 7.19. The van der Waals surface area contributed by atoms with E-state index in [1.54, 1.807) is 10.8 Å². The van der Waals surface area contributed by atoms with Gasteiger partial charge in [-0.05, 0) is 50.2 Å². The molecular formula is C20H25N5O. The second kappa shape index (κ2) is 7.41. The predicted molar refractivity (Wildman–Crippen MR) is 101 cm³/mol. The first-order valence-electron chi connectivity index (χ1n) is 9.35. The van der Waals surface area contributed by atoms with Crippen LogP contribution in [0.1, 0.15) is 30.5 Å². The predicted octanol–water partition coefficient (Wildman–Crippen LogP) is 2.64. The highest BCUT2D eigenvalue weighted by Gasteiger charge is 2.26. The minimum absolute atomic E-state index is 0.232. The smallest absolute Gasteiger partial charge is 0.200 e. The Morgan fingerprint density at radius 3 is 2.73 bits per heavy atom. The molecule has 136 valence electrons. The summed E-state index contributed by atoms with van der Waals surface area (Å²) in [6.07, 6.45) is 5.18. The fraction of sp³-hybridized carbons (Fsp3) is 0.450. The molecular weight excluding hydrogens is 326 g/mol. The quantitative estimate of drug-likeness (QED) is 0.765. The molecule has 0 amide bonds. The summed E-state index contributed by atoms with van der Waals surface area (Å²) in [5, 5.41) is 23.2. The summed E-state index contributed by atoms with van der Waals surface area (Å²) in [6.45, 7) is 3.85. The molecule has 1 N–H and O–H groups in total. The summed E-state index contributed by atoms with van der Waals surface area (Å²) in [5.74, 6) is 0.367. The van der Waals surface area contributed by atoms with Crippen molar-refractivity contribution in [3.8, 4) is 0 Å². The van der Waals surface area contributed by atoms with E-state index in [0.717, 1.165) is 55.8 Å². The maximum atomic E-state index is 10.6. The molecule has 0 bridgehead atoms. The Hall–Kier alpha value is -2.47. The molecule has 3 heterocycles. The van der Waals surface area contributed by atoms with Crippen LogP contribution in [0, 0.1) is 12.8 Å². The molecule has 0 radical (unpaired) electrons. The van der Waals surface area contributed by atoms with Crippen LogP contribution in [0.3, 0.4) is 0 Å². The number of rotatable bonds is 5. The van der Waals surface area contributed by atoms with Gasteiger partial charge in [0.25, 0.3) is 0 Å². The molecule has 6 nitrogen and oxygen atoms in total. The largest absolute Gasteiger partial charge is 0.393 e. The average Bonchev–Trinajstić information content (AvgIpc) is 3.15. The van der Waals surface area contributed by atoms with Crippen LogP contribution in [0.5, 0.6) is 0 Å². The highest BCUT2D eigenvalue weighted by molar-refractivity contribution is 5.68. The standard InChI is InChI=1S/C20H25N5O/c1-15-13-18(20-22-21-14-25(20)23-15)24-11-9-17(10-12-24)19(26)8-7-16-5-3-2-4-6-16/h2-6,13-14,17,19,26H,7-12H2,1H3. The summed E-state index contributed by atoms with van der Waals surface area (Å²) >= 11 is 0. The molecule has 1 saturated heterocycles. The molecule has 1 atom stereocenters. The molecule has 4 rings (SSSR count). The van der Waals surface area contributed by atoms with Crippen molar-refractivity contribution in [1.29, 1.82) is 0 Å². The number of anilines is 1. The van der Waals surface area contributed by atoms with Gasteiger partial charge in [-0.2, -0.15) is 9.61 Å². The van der Waals surface area contributed by atoms with Crippen molar-refractivity contribution in [3.05, 3.63) is 54.0 Å². The van der Waals surface area contributed by atoms with E-state index in [-0.39, 0.29) is 6.10 Å². The lowest BCUT2D eigenvalue weighted by Gasteiger charge is -2.35. The molecule has 26 heavy (non-hydrogen) atoms. The Morgan fingerprint density at radius 2 is 1.96 bits per heavy atom. The zero-order chi connectivity index (χ0) is 17.9. The van der Waals surface area contributed by atoms with Crippen LogP contribution >= 0.6 is 0 Å². The normalized spacial score (nSPS) is 16.9. The first-order valence-corrected chi connectivity index (χ1v) is 9.35. The SMILES string of the molecule is Cc1cc(N2CCC(C(O)CCc3ccccc3)CC2)c2nncn2n1. The second-order valence-electron chi connectivity index (χ2n) is 7.19. The number of aliphatic hydroxyl groups is 1. The molecule has 1 aromatic carbocycles. The Labute approximate surface area is 153 Å². The Kier molecular flexibility index (Phi) is 4.84. The van der Waals surface area contributed by atoms with Crippen LogP contribution in [0.4, 0.5) is 5.69 Å². The number of aromatic nitrogens is 4. The summed E-state index contributed by atoms with van der Waals surface area (Å²) in [6, 6.07) is 12.5. The van der Waals surface area contributed by atoms with Gasteiger partial charge in [0.2, 0.25) is 5.65 Å². The monoisotopic (exact) mass is 351 g/mol. The van der Waals surface area contributed by atoms with Crippen molar-refractivity contribution < 1.29 is 5.11 Å². The van der Waals surface area contributed by atoms with Crippen molar-refractivity contribution >= 4 is 11.3 Å². The third-order valence-electron chi connectivity index (χ3n) is 5.37. The molecule has 1 aliphatic rings. The summed E-state index contributed by atoms with van der Waals surface area (Å²) in [4.78, 5) is 2.35. The number of aliphatic hydroxyl groups excluding tert-OH is 1. The van der Waals surface area contributed by atoms with Gasteiger partial charge in [-0.15, -0.1) is 10.2 Å². The number of benzene rings is 1. The number of hydrogen-bond donors (Lipinski definition) is 1. The topological polar surface area (TPSA) is 66.5 Å². The fourth-order valence-corrected chi connectivity index (χ4v) is 3.89. The minimum atomic E-state index is -0.232. The highest BCUT2D eigenvalue weighted by atomic mass is 16.3. The van der Waals surface area contributed by atoms with E-state index in [9.17, 15) is 5.11 Å². The molecule has 2 aromatic heterocycles. The van der Waals surface area contributed by atoms with Crippen LogP contribution in [-0.4, -0.2) is 44.1 Å². The number of hydrogen-bond acceptors (Lipinski definition) is 5. The van der Waals surface area contributed by atoms with E-state index >= 15 is 0 Å². The summed E-state index contributed by atoms with van der Waals surface area (Å²) in [7, 11) is 0. The molecule has 6 heteroatoms. The zero-order valence-corrected chi connectivity index (χ0v) is 15.1. The van der Waals surface area contributed by atoms with Gasteiger partial charge < -0.3 is 10.0 Å². The number of fused-ring (bicyclic) bond motifs is 1. The van der Waals surface area contributed by atoms with Crippen LogP contribution in [-0.2, 0) is 6.42 Å². The molecule has 0 spiro atoms. The first-order chi connectivity index (χ1) is 12.7. The molecule has 0 aliphatic carbocycles. The van der Waals surface area contributed by atoms with Gasteiger partial charge >= 0.3 is 0 Å². The summed E-state index contributed by atoms with van der Waals surface area (Å²) < 4.78 is 1.74. The third-order valence-corrected chi connectivity index (χ3v) is 5.37. The Bertz CT molecular complexity index is 855. The minimum Gasteiger partial charge on any atom is -0.393 e.